The van der Waals surface area contributed by atoms with Crippen molar-refractivity contribution in [1.82, 2.24) is 0 Å². The molecule has 3 rings (SSSR count). The molecule has 0 aliphatic rings. The van der Waals surface area contributed by atoms with Gasteiger partial charge in [-0.15, -0.1) is 0 Å². The molecule has 0 amide bonds. The van der Waals surface area contributed by atoms with Crippen LogP contribution in [0.1, 0.15) is 0 Å². The third kappa shape index (κ3) is 3.07. The Balaban J connectivity index is 2.19. The maximum absolute atomic E-state index is 12.6. The van der Waals surface area contributed by atoms with Crippen LogP contribution in [0, 0.1) is 0 Å². The van der Waals surface area contributed by atoms with E-state index in [0.717, 1.165) is 5.56 Å². The van der Waals surface area contributed by atoms with Crippen molar-refractivity contribution in [3.8, 4) is 16.9 Å². The van der Waals surface area contributed by atoms with Gasteiger partial charge < -0.3 is 4.18 Å². The number of halogens is 3. The van der Waals surface area contributed by atoms with Crippen LogP contribution in [-0.2, 0) is 10.1 Å². The monoisotopic (exact) mass is 352 g/mol. The molecule has 0 unspecified atom stereocenters. The summed E-state index contributed by atoms with van der Waals surface area (Å²) < 4.78 is 65.0. The third-order valence-corrected chi connectivity index (χ3v) is 4.38. The Morgan fingerprint density at radius 1 is 0.792 bits per heavy atom. The van der Waals surface area contributed by atoms with Gasteiger partial charge in [-0.05, 0) is 28.6 Å². The highest BCUT2D eigenvalue weighted by molar-refractivity contribution is 7.88. The van der Waals surface area contributed by atoms with Crippen LogP contribution in [0.15, 0.2) is 66.7 Å². The fourth-order valence-electron chi connectivity index (χ4n) is 2.31. The van der Waals surface area contributed by atoms with Crippen molar-refractivity contribution in [2.75, 3.05) is 0 Å². The van der Waals surface area contributed by atoms with Gasteiger partial charge in [0.15, 0.2) is 5.75 Å². The number of rotatable bonds is 3. The Morgan fingerprint density at radius 3 is 2.08 bits per heavy atom. The molecule has 0 saturated heterocycles. The van der Waals surface area contributed by atoms with Crippen molar-refractivity contribution in [1.29, 1.82) is 0 Å². The standard InChI is InChI=1S/C17H11F3O3S/c18-17(19,20)24(21,22)23-16-11-14(12-6-2-1-3-7-12)10-13-8-4-5-9-15(13)16/h1-11H. The van der Waals surface area contributed by atoms with E-state index in [-0.39, 0.29) is 11.1 Å². The van der Waals surface area contributed by atoms with E-state index < -0.39 is 15.6 Å². The normalized spacial score (nSPS) is 12.3. The number of hydrogen-bond donors (Lipinski definition) is 0. The Hall–Kier alpha value is -2.54. The maximum Gasteiger partial charge on any atom is 0.534 e. The summed E-state index contributed by atoms with van der Waals surface area (Å²) in [5.41, 5.74) is -4.20. The van der Waals surface area contributed by atoms with E-state index in [0.29, 0.717) is 10.9 Å². The van der Waals surface area contributed by atoms with Crippen molar-refractivity contribution in [3.05, 3.63) is 66.7 Å². The molecule has 7 heteroatoms. The van der Waals surface area contributed by atoms with Crippen LogP contribution in [0.5, 0.6) is 5.75 Å². The third-order valence-electron chi connectivity index (χ3n) is 3.41. The Labute approximate surface area is 136 Å². The van der Waals surface area contributed by atoms with Gasteiger partial charge in [-0.2, -0.15) is 21.6 Å². The van der Waals surface area contributed by atoms with Crippen molar-refractivity contribution >= 4 is 20.9 Å². The molecular weight excluding hydrogens is 341 g/mol. The van der Waals surface area contributed by atoms with E-state index in [1.807, 2.05) is 0 Å². The molecule has 0 N–H and O–H groups in total. The molecule has 124 valence electrons. The largest absolute Gasteiger partial charge is 0.534 e. The summed E-state index contributed by atoms with van der Waals surface area (Å²) in [6.45, 7) is 0. The number of alkyl halides is 3. The van der Waals surface area contributed by atoms with Crippen LogP contribution in [0.4, 0.5) is 13.2 Å². The van der Waals surface area contributed by atoms with Crippen molar-refractivity contribution in [3.63, 3.8) is 0 Å². The lowest BCUT2D eigenvalue weighted by molar-refractivity contribution is -0.0499. The van der Waals surface area contributed by atoms with Crippen molar-refractivity contribution < 1.29 is 25.8 Å². The number of fused-ring (bicyclic) bond motifs is 1. The highest BCUT2D eigenvalue weighted by atomic mass is 32.2. The first-order valence-corrected chi connectivity index (χ1v) is 8.28. The molecule has 0 aromatic heterocycles. The Bertz CT molecular complexity index is 981. The van der Waals surface area contributed by atoms with Gasteiger partial charge in [0.25, 0.3) is 0 Å². The molecule has 0 atom stereocenters. The van der Waals surface area contributed by atoms with Gasteiger partial charge in [0.1, 0.15) is 0 Å². The van der Waals surface area contributed by atoms with E-state index in [1.165, 1.54) is 12.1 Å². The van der Waals surface area contributed by atoms with Gasteiger partial charge in [0.05, 0.1) is 0 Å². The molecular formula is C17H11F3O3S. The average molecular weight is 352 g/mol. The van der Waals surface area contributed by atoms with E-state index in [4.69, 9.17) is 0 Å². The lowest BCUT2D eigenvalue weighted by Crippen LogP contribution is -2.28. The van der Waals surface area contributed by atoms with Crippen LogP contribution >= 0.6 is 0 Å². The van der Waals surface area contributed by atoms with E-state index in [9.17, 15) is 21.6 Å². The van der Waals surface area contributed by atoms with Crippen molar-refractivity contribution in [2.24, 2.45) is 0 Å². The van der Waals surface area contributed by atoms with E-state index in [1.54, 1.807) is 54.6 Å². The van der Waals surface area contributed by atoms with Gasteiger partial charge >= 0.3 is 15.6 Å². The molecule has 0 aliphatic heterocycles. The fourth-order valence-corrected chi connectivity index (χ4v) is 2.78. The molecule has 3 nitrogen and oxygen atoms in total. The summed E-state index contributed by atoms with van der Waals surface area (Å²) in [7, 11) is -5.74. The molecule has 0 spiro atoms. The first-order chi connectivity index (χ1) is 11.3. The Morgan fingerprint density at radius 2 is 1.42 bits per heavy atom. The summed E-state index contributed by atoms with van der Waals surface area (Å²) in [6.07, 6.45) is 0. The zero-order valence-corrected chi connectivity index (χ0v) is 12.9. The van der Waals surface area contributed by atoms with Gasteiger partial charge in [0.2, 0.25) is 0 Å². The van der Waals surface area contributed by atoms with E-state index >= 15 is 0 Å². The van der Waals surface area contributed by atoms with Gasteiger partial charge in [-0.25, -0.2) is 0 Å². The minimum atomic E-state index is -5.74. The van der Waals surface area contributed by atoms with Gasteiger partial charge in [-0.3, -0.25) is 0 Å². The summed E-state index contributed by atoms with van der Waals surface area (Å²) in [4.78, 5) is 0. The highest BCUT2D eigenvalue weighted by Gasteiger charge is 2.48. The van der Waals surface area contributed by atoms with Crippen LogP contribution in [0.2, 0.25) is 0 Å². The summed E-state index contributed by atoms with van der Waals surface area (Å²) in [5.74, 6) is -0.357. The van der Waals surface area contributed by atoms with Crippen LogP contribution < -0.4 is 4.18 Å². The molecule has 0 radical (unpaired) electrons. The molecule has 3 aromatic rings. The maximum atomic E-state index is 12.6. The van der Waals surface area contributed by atoms with Gasteiger partial charge in [0, 0.05) is 5.39 Å². The van der Waals surface area contributed by atoms with E-state index in [2.05, 4.69) is 4.18 Å². The quantitative estimate of drug-likeness (QED) is 0.505. The molecule has 0 aliphatic carbocycles. The second kappa shape index (κ2) is 5.83. The van der Waals surface area contributed by atoms with Crippen LogP contribution in [0.3, 0.4) is 0 Å². The second-order valence-corrected chi connectivity index (χ2v) is 6.58. The molecule has 0 fully saturated rings. The topological polar surface area (TPSA) is 43.4 Å². The lowest BCUT2D eigenvalue weighted by Gasteiger charge is -2.13. The minimum Gasteiger partial charge on any atom is -0.375 e. The summed E-state index contributed by atoms with van der Waals surface area (Å²) in [6, 6.07) is 18.4. The zero-order valence-electron chi connectivity index (χ0n) is 12.1. The zero-order chi connectivity index (χ0) is 17.4. The van der Waals surface area contributed by atoms with Crippen LogP contribution in [0.25, 0.3) is 21.9 Å². The SMILES string of the molecule is O=S(=O)(Oc1cc(-c2ccccc2)cc2ccccc12)C(F)(F)F. The Kier molecular flexibility index (Phi) is 3.96. The van der Waals surface area contributed by atoms with Crippen molar-refractivity contribution in [2.45, 2.75) is 5.51 Å². The smallest absolute Gasteiger partial charge is 0.375 e. The predicted molar refractivity (Wildman–Crippen MR) is 85.0 cm³/mol. The second-order valence-electron chi connectivity index (χ2n) is 5.04. The van der Waals surface area contributed by atoms with Gasteiger partial charge in [-0.1, -0.05) is 54.6 Å². The van der Waals surface area contributed by atoms with Crippen LogP contribution in [-0.4, -0.2) is 13.9 Å². The lowest BCUT2D eigenvalue weighted by atomic mass is 10.0. The first kappa shape index (κ1) is 16.3. The predicted octanol–water partition coefficient (Wildman–Crippen LogP) is 4.74. The molecule has 0 saturated carbocycles. The minimum absolute atomic E-state index is 0.282. The molecule has 0 bridgehead atoms. The average Bonchev–Trinajstić information content (AvgIpc) is 2.54. The summed E-state index contributed by atoms with van der Waals surface area (Å²) >= 11 is 0. The number of benzene rings is 3. The highest BCUT2D eigenvalue weighted by Crippen LogP contribution is 2.35. The first-order valence-electron chi connectivity index (χ1n) is 6.87. The molecule has 24 heavy (non-hydrogen) atoms. The number of hydrogen-bond acceptors (Lipinski definition) is 3. The molecule has 0 heterocycles. The summed E-state index contributed by atoms with van der Waals surface area (Å²) in [5, 5.41) is 0.858. The molecule has 3 aromatic carbocycles. The fraction of sp³-hybridized carbons (Fsp3) is 0.0588.